The van der Waals surface area contributed by atoms with Crippen LogP contribution >= 0.6 is 0 Å². The first-order valence-electron chi connectivity index (χ1n) is 2.63. The van der Waals surface area contributed by atoms with E-state index >= 15 is 0 Å². The highest BCUT2D eigenvalue weighted by Crippen LogP contribution is 2.18. The zero-order chi connectivity index (χ0) is 8.15. The third kappa shape index (κ3) is 2.09. The molecule has 0 N–H and O–H groups in total. The van der Waals surface area contributed by atoms with Gasteiger partial charge in [0.1, 0.15) is 0 Å². The van der Waals surface area contributed by atoms with E-state index in [4.69, 9.17) is 0 Å². The van der Waals surface area contributed by atoms with Gasteiger partial charge >= 0.3 is 0 Å². The van der Waals surface area contributed by atoms with Gasteiger partial charge in [0.25, 0.3) is 0 Å². The summed E-state index contributed by atoms with van der Waals surface area (Å²) in [5, 5.41) is 0. The highest BCUT2D eigenvalue weighted by Gasteiger charge is 2.06. The van der Waals surface area contributed by atoms with Crippen molar-refractivity contribution >= 4 is 0 Å². The average molecular weight is 148 g/mol. The first-order chi connectivity index (χ1) is 4.63. The summed E-state index contributed by atoms with van der Waals surface area (Å²) in [5.74, 6) is -3.99. The maximum Gasteiger partial charge on any atom is 0.194 e. The summed E-state index contributed by atoms with van der Waals surface area (Å²) < 4.78 is 36.4. The van der Waals surface area contributed by atoms with Crippen molar-refractivity contribution < 1.29 is 13.2 Å². The summed E-state index contributed by atoms with van der Waals surface area (Å²) in [6.07, 6.45) is 1.44. The average Bonchev–Trinajstić information content (AvgIpc) is 2.00. The zero-order valence-corrected chi connectivity index (χ0v) is 5.50. The van der Waals surface area contributed by atoms with E-state index in [1.165, 1.54) is 6.92 Å². The van der Waals surface area contributed by atoms with E-state index in [2.05, 4.69) is 6.58 Å². The molecule has 0 bridgehead atoms. The van der Waals surface area contributed by atoms with Gasteiger partial charge in [0.15, 0.2) is 17.5 Å². The molecule has 0 nitrogen and oxygen atoms in total. The Balaban J connectivity index is 4.63. The quantitative estimate of drug-likeness (QED) is 0.527. The second-order valence-electron chi connectivity index (χ2n) is 1.50. The monoisotopic (exact) mass is 148 g/mol. The Hall–Kier alpha value is -0.990. The normalized spacial score (nSPS) is 14.6. The van der Waals surface area contributed by atoms with Crippen LogP contribution in [0.1, 0.15) is 6.92 Å². The molecule has 56 valence electrons. The zero-order valence-electron chi connectivity index (χ0n) is 5.50. The van der Waals surface area contributed by atoms with Gasteiger partial charge in [0.2, 0.25) is 0 Å². The smallest absolute Gasteiger partial charge is 0.194 e. The summed E-state index contributed by atoms with van der Waals surface area (Å²) in [7, 11) is 0. The van der Waals surface area contributed by atoms with E-state index in [1.807, 2.05) is 0 Å². The largest absolute Gasteiger partial charge is 0.204 e. The molecular formula is C7H7F3. The fourth-order valence-corrected chi connectivity index (χ4v) is 0.330. The fourth-order valence-electron chi connectivity index (χ4n) is 0.330. The van der Waals surface area contributed by atoms with Gasteiger partial charge < -0.3 is 0 Å². The van der Waals surface area contributed by atoms with Gasteiger partial charge in [-0.3, -0.25) is 0 Å². The highest BCUT2D eigenvalue weighted by atomic mass is 19.2. The van der Waals surface area contributed by atoms with Crippen LogP contribution in [0.5, 0.6) is 0 Å². The predicted octanol–water partition coefficient (Wildman–Crippen LogP) is 3.20. The van der Waals surface area contributed by atoms with Crippen LogP contribution in [0.15, 0.2) is 36.2 Å². The molecule has 0 fully saturated rings. The molecule has 0 amide bonds. The molecule has 3 heteroatoms. The molecular weight excluding hydrogens is 141 g/mol. The minimum absolute atomic E-state index is 0.610. The molecule has 0 aromatic rings. The van der Waals surface area contributed by atoms with Crippen LogP contribution in [0.4, 0.5) is 13.2 Å². The molecule has 0 aliphatic carbocycles. The molecule has 0 radical (unpaired) electrons. The molecule has 0 saturated carbocycles. The van der Waals surface area contributed by atoms with E-state index in [-0.39, 0.29) is 0 Å². The first kappa shape index (κ1) is 9.01. The molecule has 0 aliphatic heterocycles. The fraction of sp³-hybridized carbons (Fsp3) is 0.143. The lowest BCUT2D eigenvalue weighted by Gasteiger charge is -1.90. The lowest BCUT2D eigenvalue weighted by atomic mass is 10.3. The minimum Gasteiger partial charge on any atom is -0.204 e. The van der Waals surface area contributed by atoms with E-state index < -0.39 is 17.5 Å². The van der Waals surface area contributed by atoms with Crippen molar-refractivity contribution in [2.75, 3.05) is 0 Å². The van der Waals surface area contributed by atoms with Crippen molar-refractivity contribution in [3.63, 3.8) is 0 Å². The second kappa shape index (κ2) is 3.93. The first-order valence-corrected chi connectivity index (χ1v) is 2.63. The Bertz CT molecular complexity index is 189. The van der Waals surface area contributed by atoms with Gasteiger partial charge in [0.05, 0.1) is 0 Å². The van der Waals surface area contributed by atoms with Crippen LogP contribution in [0.25, 0.3) is 0 Å². The Morgan fingerprint density at radius 1 is 1.30 bits per heavy atom. The van der Waals surface area contributed by atoms with Gasteiger partial charge in [-0.25, -0.2) is 13.2 Å². The highest BCUT2D eigenvalue weighted by molar-refractivity contribution is 5.26. The Labute approximate surface area is 57.4 Å². The maximum absolute atomic E-state index is 12.2. The van der Waals surface area contributed by atoms with Crippen molar-refractivity contribution in [3.8, 4) is 0 Å². The second-order valence-corrected chi connectivity index (χ2v) is 1.50. The lowest BCUT2D eigenvalue weighted by Crippen LogP contribution is -1.77. The summed E-state index contributed by atoms with van der Waals surface area (Å²) in [6.45, 7) is 4.20. The van der Waals surface area contributed by atoms with Gasteiger partial charge in [-0.1, -0.05) is 6.58 Å². The third-order valence-corrected chi connectivity index (χ3v) is 0.852. The number of allylic oxidation sites excluding steroid dienone is 5. The maximum atomic E-state index is 12.2. The van der Waals surface area contributed by atoms with Crippen LogP contribution in [0.3, 0.4) is 0 Å². The minimum atomic E-state index is -1.50. The van der Waals surface area contributed by atoms with Gasteiger partial charge in [-0.2, -0.15) is 0 Å². The van der Waals surface area contributed by atoms with Gasteiger partial charge in [-0.15, -0.1) is 0 Å². The van der Waals surface area contributed by atoms with Crippen molar-refractivity contribution in [2.45, 2.75) is 6.92 Å². The predicted molar refractivity (Wildman–Crippen MR) is 34.3 cm³/mol. The van der Waals surface area contributed by atoms with E-state index in [0.29, 0.717) is 6.08 Å². The molecule has 0 aliphatic rings. The van der Waals surface area contributed by atoms with Crippen LogP contribution < -0.4 is 0 Å². The molecule has 0 atom stereocenters. The molecule has 0 aromatic heterocycles. The Kier molecular flexibility index (Phi) is 3.54. The molecule has 0 rings (SSSR count). The van der Waals surface area contributed by atoms with Crippen molar-refractivity contribution in [1.82, 2.24) is 0 Å². The molecule has 0 heterocycles. The Morgan fingerprint density at radius 2 is 1.80 bits per heavy atom. The van der Waals surface area contributed by atoms with Gasteiger partial charge in [0, 0.05) is 0 Å². The van der Waals surface area contributed by atoms with E-state index in [0.717, 1.165) is 6.08 Å². The van der Waals surface area contributed by atoms with Crippen LogP contribution in [0.2, 0.25) is 0 Å². The number of hydrogen-bond donors (Lipinski definition) is 0. The van der Waals surface area contributed by atoms with Gasteiger partial charge in [-0.05, 0) is 19.1 Å². The standard InChI is InChI=1S/C7H7F3/c1-3-5(8)7(10)6(9)4-2/h3-4H,1H2,2H3/b6-4+,7-5-. The van der Waals surface area contributed by atoms with Crippen molar-refractivity contribution in [1.29, 1.82) is 0 Å². The Morgan fingerprint density at radius 3 is 2.10 bits per heavy atom. The molecule has 0 unspecified atom stereocenters. The summed E-state index contributed by atoms with van der Waals surface area (Å²) in [6, 6.07) is 0. The van der Waals surface area contributed by atoms with E-state index in [9.17, 15) is 13.2 Å². The summed E-state index contributed by atoms with van der Waals surface area (Å²) in [4.78, 5) is 0. The molecule has 10 heavy (non-hydrogen) atoms. The number of hydrogen-bond acceptors (Lipinski definition) is 0. The van der Waals surface area contributed by atoms with E-state index in [1.54, 1.807) is 0 Å². The summed E-state index contributed by atoms with van der Waals surface area (Å²) in [5.41, 5.74) is 0. The summed E-state index contributed by atoms with van der Waals surface area (Å²) >= 11 is 0. The third-order valence-electron chi connectivity index (χ3n) is 0.852. The van der Waals surface area contributed by atoms with Crippen molar-refractivity contribution in [2.24, 2.45) is 0 Å². The molecule has 0 aromatic carbocycles. The van der Waals surface area contributed by atoms with Crippen LogP contribution in [-0.2, 0) is 0 Å². The number of rotatable bonds is 2. The van der Waals surface area contributed by atoms with Crippen LogP contribution in [0, 0.1) is 0 Å². The topological polar surface area (TPSA) is 0 Å². The SMILES string of the molecule is C=C/C(F)=C(F)\C(F)=C/C. The number of halogens is 3. The molecule has 0 spiro atoms. The lowest BCUT2D eigenvalue weighted by molar-refractivity contribution is 0.503. The van der Waals surface area contributed by atoms with Crippen LogP contribution in [-0.4, -0.2) is 0 Å². The molecule has 0 saturated heterocycles. The van der Waals surface area contributed by atoms with Crippen molar-refractivity contribution in [3.05, 3.63) is 36.2 Å².